The van der Waals surface area contributed by atoms with Gasteiger partial charge in [-0.05, 0) is 49.8 Å². The van der Waals surface area contributed by atoms with Crippen LogP contribution >= 0.6 is 0 Å². The molecule has 3 unspecified atom stereocenters. The van der Waals surface area contributed by atoms with Crippen molar-refractivity contribution >= 4 is 23.5 Å². The number of carbonyl (C=O) groups is 3. The van der Waals surface area contributed by atoms with E-state index in [1.165, 1.54) is 11.0 Å². The Kier molecular flexibility index (Phi) is 7.89. The zero-order valence-electron chi connectivity index (χ0n) is 24.8. The predicted molar refractivity (Wildman–Crippen MR) is 160 cm³/mol. The van der Waals surface area contributed by atoms with Crippen molar-refractivity contribution in [1.82, 2.24) is 4.90 Å². The molecule has 3 fully saturated rings. The third kappa shape index (κ3) is 4.31. The van der Waals surface area contributed by atoms with E-state index >= 15 is 4.79 Å². The van der Waals surface area contributed by atoms with Crippen LogP contribution in [0.5, 0.6) is 0 Å². The Morgan fingerprint density at radius 3 is 2.40 bits per heavy atom. The normalized spacial score (nSPS) is 30.1. The highest BCUT2D eigenvalue weighted by atomic mass is 16.6. The molecule has 2 aromatic rings. The van der Waals surface area contributed by atoms with Crippen LogP contribution in [-0.4, -0.2) is 64.8 Å². The van der Waals surface area contributed by atoms with Gasteiger partial charge in [0.1, 0.15) is 24.2 Å². The largest absolute Gasteiger partial charge is 0.461 e. The SMILES string of the molecule is C=CCOC(=O)[C@H]1[C@H]2C(=O)N([C@H](CO)c3ccccc3)C(C(=O)N(CC=C)c3c(C)cccc3C)C23CC(C)[C@]1(C)O3. The number of para-hydroxylation sites is 1. The molecule has 3 saturated heterocycles. The van der Waals surface area contributed by atoms with Gasteiger partial charge in [0.2, 0.25) is 5.91 Å². The van der Waals surface area contributed by atoms with Crippen molar-refractivity contribution in [3.8, 4) is 0 Å². The lowest BCUT2D eigenvalue weighted by Crippen LogP contribution is -2.57. The highest BCUT2D eigenvalue weighted by Crippen LogP contribution is 2.66. The topological polar surface area (TPSA) is 96.4 Å². The standard InChI is InChI=1S/C34H40N2O6/c1-7-17-35(28-21(3)13-12-14-22(28)4)31(39)29-34-19-23(5)33(6,42-34)27(32(40)41-18-8-2)26(34)30(38)36(29)25(20-37)24-15-10-9-11-16-24/h7-16,23,25-27,29,37H,1-2,17-20H2,3-6H3/t23?,25-,26+,27-,29?,33+,34?/m1/s1. The minimum atomic E-state index is -1.29. The van der Waals surface area contributed by atoms with Crippen LogP contribution in [0.1, 0.15) is 43.0 Å². The summed E-state index contributed by atoms with van der Waals surface area (Å²) in [6, 6.07) is 13.1. The van der Waals surface area contributed by atoms with E-state index in [0.717, 1.165) is 16.8 Å². The molecule has 0 aliphatic carbocycles. The van der Waals surface area contributed by atoms with E-state index < -0.39 is 53.6 Å². The first-order chi connectivity index (χ1) is 20.1. The van der Waals surface area contributed by atoms with Crippen molar-refractivity contribution in [3.05, 3.63) is 90.5 Å². The molecule has 222 valence electrons. The molecule has 2 aromatic carbocycles. The first-order valence-electron chi connectivity index (χ1n) is 14.5. The number of aliphatic hydroxyl groups is 1. The summed E-state index contributed by atoms with van der Waals surface area (Å²) < 4.78 is 12.4. The Morgan fingerprint density at radius 2 is 1.81 bits per heavy atom. The van der Waals surface area contributed by atoms with Crippen LogP contribution in [0.15, 0.2) is 73.8 Å². The van der Waals surface area contributed by atoms with Crippen molar-refractivity contribution in [2.45, 2.75) is 57.4 Å². The van der Waals surface area contributed by atoms with Crippen molar-refractivity contribution in [1.29, 1.82) is 0 Å². The molecule has 2 amide bonds. The number of anilines is 1. The Bertz CT molecular complexity index is 1390. The van der Waals surface area contributed by atoms with Gasteiger partial charge >= 0.3 is 5.97 Å². The van der Waals surface area contributed by atoms with Crippen LogP contribution in [0.25, 0.3) is 0 Å². The average molecular weight is 573 g/mol. The van der Waals surface area contributed by atoms with Gasteiger partial charge in [-0.1, -0.05) is 74.2 Å². The molecule has 0 saturated carbocycles. The quantitative estimate of drug-likeness (QED) is 0.337. The number of benzene rings is 2. The number of ether oxygens (including phenoxy) is 2. The molecule has 8 nitrogen and oxygen atoms in total. The molecular weight excluding hydrogens is 532 g/mol. The number of rotatable bonds is 10. The third-order valence-electron chi connectivity index (χ3n) is 9.56. The van der Waals surface area contributed by atoms with E-state index in [1.807, 2.05) is 76.2 Å². The van der Waals surface area contributed by atoms with Crippen LogP contribution in [0, 0.1) is 31.6 Å². The number of nitrogens with zero attached hydrogens (tertiary/aromatic N) is 2. The maximum Gasteiger partial charge on any atom is 0.313 e. The number of aliphatic hydroxyl groups excluding tert-OH is 1. The maximum atomic E-state index is 15.0. The summed E-state index contributed by atoms with van der Waals surface area (Å²) in [6.45, 7) is 15.1. The van der Waals surface area contributed by atoms with E-state index in [9.17, 15) is 14.7 Å². The van der Waals surface area contributed by atoms with E-state index in [0.29, 0.717) is 12.0 Å². The first kappa shape index (κ1) is 29.7. The number of fused-ring (bicyclic) bond motifs is 1. The molecular formula is C34H40N2O6. The summed E-state index contributed by atoms with van der Waals surface area (Å²) in [5, 5.41) is 10.8. The molecule has 42 heavy (non-hydrogen) atoms. The summed E-state index contributed by atoms with van der Waals surface area (Å²) in [5.74, 6) is -3.30. The van der Waals surface area contributed by atoms with E-state index in [-0.39, 0.29) is 25.0 Å². The smallest absolute Gasteiger partial charge is 0.313 e. The number of carbonyl (C=O) groups excluding carboxylic acids is 3. The van der Waals surface area contributed by atoms with Crippen LogP contribution in [-0.2, 0) is 23.9 Å². The fourth-order valence-electron chi connectivity index (χ4n) is 7.71. The van der Waals surface area contributed by atoms with Gasteiger partial charge in [-0.25, -0.2) is 0 Å². The second-order valence-corrected chi connectivity index (χ2v) is 12.0. The summed E-state index contributed by atoms with van der Waals surface area (Å²) in [4.78, 5) is 46.4. The van der Waals surface area contributed by atoms with Gasteiger partial charge in [0.25, 0.3) is 5.91 Å². The molecule has 3 aliphatic rings. The summed E-state index contributed by atoms with van der Waals surface area (Å²) in [7, 11) is 0. The van der Waals surface area contributed by atoms with Gasteiger partial charge in [-0.3, -0.25) is 14.4 Å². The van der Waals surface area contributed by atoms with Gasteiger partial charge in [0.05, 0.1) is 24.2 Å². The van der Waals surface area contributed by atoms with Crippen LogP contribution in [0.4, 0.5) is 5.69 Å². The molecule has 2 bridgehead atoms. The predicted octanol–water partition coefficient (Wildman–Crippen LogP) is 4.30. The van der Waals surface area contributed by atoms with Crippen LogP contribution in [0.3, 0.4) is 0 Å². The molecule has 1 spiro atoms. The highest BCUT2D eigenvalue weighted by molar-refractivity contribution is 6.05. The molecule has 0 radical (unpaired) electrons. The molecule has 0 aromatic heterocycles. The lowest BCUT2D eigenvalue weighted by Gasteiger charge is -2.40. The molecule has 8 heteroatoms. The maximum absolute atomic E-state index is 15.0. The van der Waals surface area contributed by atoms with Crippen LogP contribution in [0.2, 0.25) is 0 Å². The van der Waals surface area contributed by atoms with E-state index in [4.69, 9.17) is 9.47 Å². The first-order valence-corrected chi connectivity index (χ1v) is 14.5. The second kappa shape index (κ2) is 11.2. The van der Waals surface area contributed by atoms with Crippen LogP contribution < -0.4 is 4.90 Å². The van der Waals surface area contributed by atoms with Crippen molar-refractivity contribution in [3.63, 3.8) is 0 Å². The van der Waals surface area contributed by atoms with Gasteiger partial charge < -0.3 is 24.4 Å². The Hall–Kier alpha value is -3.75. The van der Waals surface area contributed by atoms with Crippen molar-refractivity contribution < 1.29 is 29.0 Å². The van der Waals surface area contributed by atoms with Gasteiger partial charge in [-0.15, -0.1) is 6.58 Å². The average Bonchev–Trinajstić information content (AvgIpc) is 3.48. The van der Waals surface area contributed by atoms with Gasteiger partial charge in [0, 0.05) is 12.2 Å². The minimum Gasteiger partial charge on any atom is -0.461 e. The lowest BCUT2D eigenvalue weighted by atomic mass is 9.62. The molecule has 5 rings (SSSR count). The monoisotopic (exact) mass is 572 g/mol. The molecule has 3 aliphatic heterocycles. The number of hydrogen-bond acceptors (Lipinski definition) is 6. The molecule has 3 heterocycles. The molecule has 7 atom stereocenters. The Balaban J connectivity index is 1.71. The minimum absolute atomic E-state index is 0.00271. The zero-order valence-corrected chi connectivity index (χ0v) is 24.8. The van der Waals surface area contributed by atoms with Crippen molar-refractivity contribution in [2.75, 3.05) is 24.7 Å². The van der Waals surface area contributed by atoms with E-state index in [2.05, 4.69) is 13.2 Å². The number of hydrogen-bond donors (Lipinski definition) is 1. The zero-order chi connectivity index (χ0) is 30.4. The second-order valence-electron chi connectivity index (χ2n) is 12.0. The fraction of sp³-hybridized carbons (Fsp3) is 0.441. The van der Waals surface area contributed by atoms with E-state index in [1.54, 1.807) is 11.0 Å². The third-order valence-corrected chi connectivity index (χ3v) is 9.56. The number of likely N-dealkylation sites (tertiary alicyclic amines) is 1. The van der Waals surface area contributed by atoms with Crippen molar-refractivity contribution in [2.24, 2.45) is 17.8 Å². The molecule has 1 N–H and O–H groups in total. The fourth-order valence-corrected chi connectivity index (χ4v) is 7.71. The van der Waals surface area contributed by atoms with Gasteiger partial charge in [-0.2, -0.15) is 0 Å². The number of amides is 2. The summed E-state index contributed by atoms with van der Waals surface area (Å²) >= 11 is 0. The highest BCUT2D eigenvalue weighted by Gasteiger charge is 2.81. The lowest BCUT2D eigenvalue weighted by molar-refractivity contribution is -0.161. The number of esters is 1. The Morgan fingerprint density at radius 1 is 1.14 bits per heavy atom. The summed E-state index contributed by atoms with van der Waals surface area (Å²) in [6.07, 6.45) is 3.55. The Labute approximate surface area is 247 Å². The van der Waals surface area contributed by atoms with Gasteiger partial charge in [0.15, 0.2) is 0 Å². The summed E-state index contributed by atoms with van der Waals surface area (Å²) in [5.41, 5.74) is 0.929. The number of aryl methyl sites for hydroxylation is 2.